The summed E-state index contributed by atoms with van der Waals surface area (Å²) in [4.78, 5) is 0. The van der Waals surface area contributed by atoms with E-state index in [0.717, 1.165) is 17.9 Å². The number of nitrogen functional groups attached to an aromatic ring is 1. The first-order valence-corrected chi connectivity index (χ1v) is 5.88. The van der Waals surface area contributed by atoms with E-state index in [4.69, 9.17) is 19.9 Å². The SMILES string of the molecule is CCC1(COc2ccc(N)cc2)COCOC1. The Bertz CT molecular complexity index is 344. The molecule has 0 spiro atoms. The minimum absolute atomic E-state index is 0.0281. The van der Waals surface area contributed by atoms with Crippen LogP contribution in [0.3, 0.4) is 0 Å². The van der Waals surface area contributed by atoms with Crippen molar-refractivity contribution >= 4 is 5.69 Å². The first-order chi connectivity index (χ1) is 8.24. The molecule has 0 amide bonds. The molecule has 1 aromatic carbocycles. The maximum atomic E-state index is 5.78. The predicted molar refractivity (Wildman–Crippen MR) is 65.8 cm³/mol. The van der Waals surface area contributed by atoms with Crippen LogP contribution < -0.4 is 10.5 Å². The molecule has 0 aliphatic carbocycles. The van der Waals surface area contributed by atoms with Crippen LogP contribution in [0.25, 0.3) is 0 Å². The molecule has 0 saturated carbocycles. The van der Waals surface area contributed by atoms with Crippen LogP contribution in [0.15, 0.2) is 24.3 Å². The van der Waals surface area contributed by atoms with Crippen LogP contribution in [0.4, 0.5) is 5.69 Å². The van der Waals surface area contributed by atoms with Gasteiger partial charge in [0.15, 0.2) is 0 Å². The maximum absolute atomic E-state index is 5.78. The molecule has 0 aromatic heterocycles. The zero-order valence-electron chi connectivity index (χ0n) is 10.1. The van der Waals surface area contributed by atoms with Crippen molar-refractivity contribution in [3.63, 3.8) is 0 Å². The topological polar surface area (TPSA) is 53.7 Å². The Morgan fingerprint density at radius 1 is 1.24 bits per heavy atom. The number of hydrogen-bond donors (Lipinski definition) is 1. The van der Waals surface area contributed by atoms with Crippen molar-refractivity contribution < 1.29 is 14.2 Å². The fourth-order valence-electron chi connectivity index (χ4n) is 1.81. The van der Waals surface area contributed by atoms with Crippen LogP contribution in [0, 0.1) is 5.41 Å². The second kappa shape index (κ2) is 5.38. The highest BCUT2D eigenvalue weighted by atomic mass is 16.7. The Labute approximate surface area is 102 Å². The Balaban J connectivity index is 1.93. The molecule has 17 heavy (non-hydrogen) atoms. The van der Waals surface area contributed by atoms with Crippen molar-refractivity contribution in [2.75, 3.05) is 32.3 Å². The van der Waals surface area contributed by atoms with Crippen LogP contribution in [-0.2, 0) is 9.47 Å². The minimum Gasteiger partial charge on any atom is -0.493 e. The number of nitrogens with two attached hydrogens (primary N) is 1. The molecule has 1 saturated heterocycles. The molecular weight excluding hydrogens is 218 g/mol. The van der Waals surface area contributed by atoms with Gasteiger partial charge in [-0.2, -0.15) is 0 Å². The molecule has 4 heteroatoms. The number of ether oxygens (including phenoxy) is 3. The van der Waals surface area contributed by atoms with Gasteiger partial charge in [-0.1, -0.05) is 6.92 Å². The molecule has 0 radical (unpaired) electrons. The Hall–Kier alpha value is -1.26. The Kier molecular flexibility index (Phi) is 3.86. The second-order valence-corrected chi connectivity index (χ2v) is 4.53. The van der Waals surface area contributed by atoms with E-state index < -0.39 is 0 Å². The van der Waals surface area contributed by atoms with Gasteiger partial charge in [0.1, 0.15) is 12.5 Å². The van der Waals surface area contributed by atoms with E-state index in [0.29, 0.717) is 26.6 Å². The molecule has 0 bridgehead atoms. The quantitative estimate of drug-likeness (QED) is 0.814. The largest absolute Gasteiger partial charge is 0.493 e. The van der Waals surface area contributed by atoms with E-state index in [1.165, 1.54) is 0 Å². The summed E-state index contributed by atoms with van der Waals surface area (Å²) < 4.78 is 16.5. The summed E-state index contributed by atoms with van der Waals surface area (Å²) >= 11 is 0. The van der Waals surface area contributed by atoms with Crippen LogP contribution in [0.2, 0.25) is 0 Å². The lowest BCUT2D eigenvalue weighted by Crippen LogP contribution is -2.41. The van der Waals surface area contributed by atoms with Crippen LogP contribution in [0.1, 0.15) is 13.3 Å². The summed E-state index contributed by atoms with van der Waals surface area (Å²) in [5.41, 5.74) is 6.34. The number of rotatable bonds is 4. The fourth-order valence-corrected chi connectivity index (χ4v) is 1.81. The first-order valence-electron chi connectivity index (χ1n) is 5.88. The van der Waals surface area contributed by atoms with Crippen LogP contribution >= 0.6 is 0 Å². The van der Waals surface area contributed by atoms with E-state index in [2.05, 4.69) is 6.92 Å². The van der Waals surface area contributed by atoms with Crippen molar-refractivity contribution in [2.45, 2.75) is 13.3 Å². The summed E-state index contributed by atoms with van der Waals surface area (Å²) in [6, 6.07) is 7.43. The molecule has 1 aromatic rings. The van der Waals surface area contributed by atoms with Crippen molar-refractivity contribution in [3.05, 3.63) is 24.3 Å². The third-order valence-corrected chi connectivity index (χ3v) is 3.16. The third-order valence-electron chi connectivity index (χ3n) is 3.16. The van der Waals surface area contributed by atoms with Crippen molar-refractivity contribution in [1.82, 2.24) is 0 Å². The molecule has 0 unspecified atom stereocenters. The van der Waals surface area contributed by atoms with Crippen molar-refractivity contribution in [2.24, 2.45) is 5.41 Å². The fraction of sp³-hybridized carbons (Fsp3) is 0.538. The molecule has 1 fully saturated rings. The molecule has 1 aliphatic rings. The van der Waals surface area contributed by atoms with E-state index in [9.17, 15) is 0 Å². The minimum atomic E-state index is -0.0281. The molecule has 2 N–H and O–H groups in total. The molecule has 94 valence electrons. The Morgan fingerprint density at radius 3 is 2.47 bits per heavy atom. The second-order valence-electron chi connectivity index (χ2n) is 4.53. The predicted octanol–water partition coefficient (Wildman–Crippen LogP) is 2.05. The van der Waals surface area contributed by atoms with Crippen LogP contribution in [-0.4, -0.2) is 26.6 Å². The summed E-state index contributed by atoms with van der Waals surface area (Å²) in [5, 5.41) is 0. The van der Waals surface area contributed by atoms with E-state index in [1.54, 1.807) is 0 Å². The summed E-state index contributed by atoms with van der Waals surface area (Å²) in [5.74, 6) is 0.831. The van der Waals surface area contributed by atoms with E-state index in [1.807, 2.05) is 24.3 Å². The van der Waals surface area contributed by atoms with E-state index in [-0.39, 0.29) is 5.41 Å². The lowest BCUT2D eigenvalue weighted by molar-refractivity contribution is -0.174. The third kappa shape index (κ3) is 3.11. The summed E-state index contributed by atoms with van der Waals surface area (Å²) in [7, 11) is 0. The van der Waals surface area contributed by atoms with Gasteiger partial charge >= 0.3 is 0 Å². The molecule has 1 aliphatic heterocycles. The summed E-state index contributed by atoms with van der Waals surface area (Å²) in [6.45, 7) is 4.51. The molecule has 0 atom stereocenters. The number of benzene rings is 1. The Morgan fingerprint density at radius 2 is 1.88 bits per heavy atom. The van der Waals surface area contributed by atoms with Crippen molar-refractivity contribution in [3.8, 4) is 5.75 Å². The maximum Gasteiger partial charge on any atom is 0.146 e. The van der Waals surface area contributed by atoms with Gasteiger partial charge in [-0.05, 0) is 30.7 Å². The summed E-state index contributed by atoms with van der Waals surface area (Å²) in [6.07, 6.45) is 0.974. The van der Waals surface area contributed by atoms with Gasteiger partial charge in [-0.15, -0.1) is 0 Å². The molecule has 2 rings (SSSR count). The number of hydrogen-bond acceptors (Lipinski definition) is 4. The van der Waals surface area contributed by atoms with Crippen molar-refractivity contribution in [1.29, 1.82) is 0 Å². The normalized spacial score (nSPS) is 18.9. The van der Waals surface area contributed by atoms with Crippen LogP contribution in [0.5, 0.6) is 5.75 Å². The monoisotopic (exact) mass is 237 g/mol. The van der Waals surface area contributed by atoms with Gasteiger partial charge in [0.05, 0.1) is 25.2 Å². The van der Waals surface area contributed by atoms with E-state index >= 15 is 0 Å². The lowest BCUT2D eigenvalue weighted by atomic mass is 9.87. The van der Waals surface area contributed by atoms with Gasteiger partial charge in [-0.3, -0.25) is 0 Å². The first kappa shape index (κ1) is 12.2. The molecule has 4 nitrogen and oxygen atoms in total. The van der Waals surface area contributed by atoms with Gasteiger partial charge < -0.3 is 19.9 Å². The number of anilines is 1. The zero-order chi connectivity index (χ0) is 12.1. The standard InChI is InChI=1S/C13H19NO3/c1-2-13(7-15-10-16-8-13)9-17-12-5-3-11(14)4-6-12/h3-6H,2,7-10,14H2,1H3. The highest BCUT2D eigenvalue weighted by Crippen LogP contribution is 2.27. The average molecular weight is 237 g/mol. The average Bonchev–Trinajstić information content (AvgIpc) is 2.39. The smallest absolute Gasteiger partial charge is 0.146 e. The van der Waals surface area contributed by atoms with Gasteiger partial charge in [0.25, 0.3) is 0 Å². The lowest BCUT2D eigenvalue weighted by Gasteiger charge is -2.35. The zero-order valence-corrected chi connectivity index (χ0v) is 10.1. The van der Waals surface area contributed by atoms with Gasteiger partial charge in [0, 0.05) is 5.69 Å². The highest BCUT2D eigenvalue weighted by molar-refractivity contribution is 5.41. The highest BCUT2D eigenvalue weighted by Gasteiger charge is 2.33. The molecule has 1 heterocycles. The van der Waals surface area contributed by atoms with Gasteiger partial charge in [0.2, 0.25) is 0 Å². The molecular formula is C13H19NO3. The van der Waals surface area contributed by atoms with Gasteiger partial charge in [-0.25, -0.2) is 0 Å².